The van der Waals surface area contributed by atoms with Crippen LogP contribution in [-0.4, -0.2) is 19.6 Å². The molecule has 0 bridgehead atoms. The van der Waals surface area contributed by atoms with Gasteiger partial charge in [0.2, 0.25) is 0 Å². The number of hydrogen-bond acceptors (Lipinski definition) is 6. The van der Waals surface area contributed by atoms with Crippen LogP contribution in [0.5, 0.6) is 0 Å². The number of hydrogen-bond donors (Lipinski definition) is 2. The van der Waals surface area contributed by atoms with E-state index in [1.807, 2.05) is 0 Å². The summed E-state index contributed by atoms with van der Waals surface area (Å²) in [6.45, 7) is 0. The second-order valence-electron chi connectivity index (χ2n) is 2.82. The van der Waals surface area contributed by atoms with E-state index in [1.165, 1.54) is 6.20 Å². The molecule has 3 N–H and O–H groups in total. The van der Waals surface area contributed by atoms with Gasteiger partial charge in [-0.2, -0.15) is 8.75 Å². The smallest absolute Gasteiger partial charge is 0.279 e. The van der Waals surface area contributed by atoms with Gasteiger partial charge in [-0.25, -0.2) is 4.98 Å². The van der Waals surface area contributed by atoms with Crippen LogP contribution >= 0.6 is 27.7 Å². The molecule has 0 atom stereocenters. The molecule has 2 rings (SSSR count). The van der Waals surface area contributed by atoms with Crippen LogP contribution < -0.4 is 11.1 Å². The average Bonchev–Trinajstić information content (AvgIpc) is 2.68. The molecule has 6 nitrogen and oxygen atoms in total. The van der Waals surface area contributed by atoms with Gasteiger partial charge in [0.1, 0.15) is 4.60 Å². The molecule has 82 valence electrons. The summed E-state index contributed by atoms with van der Waals surface area (Å²) in [4.78, 5) is 15.6. The molecule has 0 unspecified atom stereocenters. The molecular weight excluding hydrogens is 294 g/mol. The standard InChI is InChI=1S/C8H6BrN5OS/c9-5-2-1-4(3-11-5)12-8(15)6-7(10)14-16-13-6/h1-3H,(H2,10,14)(H,12,15). The zero-order valence-corrected chi connectivity index (χ0v) is 10.2. The number of carbonyl (C=O) groups is 1. The summed E-state index contributed by atoms with van der Waals surface area (Å²) in [5.74, 6) is -0.261. The highest BCUT2D eigenvalue weighted by Gasteiger charge is 2.14. The first-order valence-electron chi connectivity index (χ1n) is 4.18. The third-order valence-electron chi connectivity index (χ3n) is 1.71. The van der Waals surface area contributed by atoms with Crippen LogP contribution in [0.2, 0.25) is 0 Å². The first-order valence-corrected chi connectivity index (χ1v) is 5.70. The number of carbonyl (C=O) groups excluding carboxylic acids is 1. The number of nitrogens with one attached hydrogen (secondary N) is 1. The zero-order valence-electron chi connectivity index (χ0n) is 7.85. The van der Waals surface area contributed by atoms with E-state index in [0.717, 1.165) is 11.7 Å². The van der Waals surface area contributed by atoms with Gasteiger partial charge in [-0.1, -0.05) is 0 Å². The largest absolute Gasteiger partial charge is 0.381 e. The van der Waals surface area contributed by atoms with Crippen molar-refractivity contribution in [1.82, 2.24) is 13.7 Å². The highest BCUT2D eigenvalue weighted by Crippen LogP contribution is 2.13. The van der Waals surface area contributed by atoms with Crippen molar-refractivity contribution in [2.45, 2.75) is 0 Å². The van der Waals surface area contributed by atoms with Crippen LogP contribution in [0.25, 0.3) is 0 Å². The summed E-state index contributed by atoms with van der Waals surface area (Å²) < 4.78 is 8.21. The first kappa shape index (κ1) is 11.0. The number of nitrogens with zero attached hydrogens (tertiary/aromatic N) is 3. The lowest BCUT2D eigenvalue weighted by molar-refractivity contribution is 0.102. The Bertz CT molecular complexity index is 511. The summed E-state index contributed by atoms with van der Waals surface area (Å²) in [6.07, 6.45) is 1.53. The maximum Gasteiger partial charge on any atom is 0.279 e. The summed E-state index contributed by atoms with van der Waals surface area (Å²) in [7, 11) is 0. The lowest BCUT2D eigenvalue weighted by atomic mass is 10.3. The molecule has 1 amide bonds. The van der Waals surface area contributed by atoms with Crippen molar-refractivity contribution >= 4 is 45.1 Å². The molecule has 2 aromatic heterocycles. The van der Waals surface area contributed by atoms with Crippen molar-refractivity contribution in [1.29, 1.82) is 0 Å². The predicted octanol–water partition coefficient (Wildman–Crippen LogP) is 1.53. The molecule has 0 saturated heterocycles. The summed E-state index contributed by atoms with van der Waals surface area (Å²) >= 11 is 4.10. The minimum absolute atomic E-state index is 0.132. The Morgan fingerprint density at radius 1 is 1.44 bits per heavy atom. The quantitative estimate of drug-likeness (QED) is 0.820. The SMILES string of the molecule is Nc1nsnc1C(=O)Nc1ccc(Br)nc1. The van der Waals surface area contributed by atoms with E-state index in [2.05, 4.69) is 35.0 Å². The van der Waals surface area contributed by atoms with Crippen molar-refractivity contribution in [2.75, 3.05) is 11.1 Å². The van der Waals surface area contributed by atoms with Crippen molar-refractivity contribution in [2.24, 2.45) is 0 Å². The molecule has 0 radical (unpaired) electrons. The van der Waals surface area contributed by atoms with Crippen molar-refractivity contribution < 1.29 is 4.79 Å². The van der Waals surface area contributed by atoms with Gasteiger partial charge in [0.25, 0.3) is 5.91 Å². The molecule has 0 aliphatic heterocycles. The maximum atomic E-state index is 11.7. The number of rotatable bonds is 2. The van der Waals surface area contributed by atoms with Gasteiger partial charge < -0.3 is 11.1 Å². The Balaban J connectivity index is 2.14. The second kappa shape index (κ2) is 4.54. The number of anilines is 2. The normalized spacial score (nSPS) is 10.1. The fraction of sp³-hybridized carbons (Fsp3) is 0. The Hall–Kier alpha value is -1.54. The fourth-order valence-electron chi connectivity index (χ4n) is 0.993. The number of aromatic nitrogens is 3. The van der Waals surface area contributed by atoms with Gasteiger partial charge in [0, 0.05) is 0 Å². The predicted molar refractivity (Wildman–Crippen MR) is 64.2 cm³/mol. The van der Waals surface area contributed by atoms with Gasteiger partial charge in [-0.15, -0.1) is 0 Å². The average molecular weight is 300 g/mol. The Morgan fingerprint density at radius 3 is 2.81 bits per heavy atom. The highest BCUT2D eigenvalue weighted by atomic mass is 79.9. The molecular formula is C8H6BrN5OS. The molecule has 0 spiro atoms. The van der Waals surface area contributed by atoms with Gasteiger partial charge in [0.05, 0.1) is 23.6 Å². The van der Waals surface area contributed by atoms with Crippen LogP contribution in [0.1, 0.15) is 10.5 Å². The number of nitrogen functional groups attached to an aromatic ring is 1. The van der Waals surface area contributed by atoms with E-state index >= 15 is 0 Å². The molecule has 0 saturated carbocycles. The maximum absolute atomic E-state index is 11.7. The van der Waals surface area contributed by atoms with E-state index < -0.39 is 5.91 Å². The molecule has 0 fully saturated rings. The second-order valence-corrected chi connectivity index (χ2v) is 4.16. The third kappa shape index (κ3) is 2.34. The van der Waals surface area contributed by atoms with Crippen molar-refractivity contribution in [3.63, 3.8) is 0 Å². The fourth-order valence-corrected chi connectivity index (χ4v) is 1.70. The zero-order chi connectivity index (χ0) is 11.5. The topological polar surface area (TPSA) is 93.8 Å². The van der Waals surface area contributed by atoms with Crippen LogP contribution in [-0.2, 0) is 0 Å². The summed E-state index contributed by atoms with van der Waals surface area (Å²) in [5.41, 5.74) is 6.17. The summed E-state index contributed by atoms with van der Waals surface area (Å²) in [6, 6.07) is 3.43. The Kier molecular flexibility index (Phi) is 3.11. The number of nitrogens with two attached hydrogens (primary N) is 1. The van der Waals surface area contributed by atoms with Gasteiger partial charge in [-0.3, -0.25) is 4.79 Å². The molecule has 2 aromatic rings. The first-order chi connectivity index (χ1) is 7.66. The van der Waals surface area contributed by atoms with Gasteiger partial charge in [0.15, 0.2) is 11.5 Å². The molecule has 8 heteroatoms. The van der Waals surface area contributed by atoms with Crippen LogP contribution in [0.3, 0.4) is 0 Å². The molecule has 0 aromatic carbocycles. The minimum atomic E-state index is -0.393. The van der Waals surface area contributed by atoms with Crippen molar-refractivity contribution in [3.05, 3.63) is 28.6 Å². The highest BCUT2D eigenvalue weighted by molar-refractivity contribution is 9.10. The molecule has 2 heterocycles. The monoisotopic (exact) mass is 299 g/mol. The van der Waals surface area contributed by atoms with Gasteiger partial charge in [-0.05, 0) is 28.1 Å². The van der Waals surface area contributed by atoms with E-state index in [4.69, 9.17) is 5.73 Å². The number of halogens is 1. The van der Waals surface area contributed by atoms with E-state index in [0.29, 0.717) is 10.3 Å². The lowest BCUT2D eigenvalue weighted by Gasteiger charge is -2.02. The van der Waals surface area contributed by atoms with Gasteiger partial charge >= 0.3 is 0 Å². The molecule has 0 aliphatic carbocycles. The van der Waals surface area contributed by atoms with Crippen molar-refractivity contribution in [3.8, 4) is 0 Å². The Morgan fingerprint density at radius 2 is 2.25 bits per heavy atom. The van der Waals surface area contributed by atoms with E-state index in [9.17, 15) is 4.79 Å². The van der Waals surface area contributed by atoms with E-state index in [1.54, 1.807) is 12.1 Å². The van der Waals surface area contributed by atoms with E-state index in [-0.39, 0.29) is 11.5 Å². The molecule has 16 heavy (non-hydrogen) atoms. The summed E-state index contributed by atoms with van der Waals surface area (Å²) in [5, 5.41) is 2.61. The lowest BCUT2D eigenvalue weighted by Crippen LogP contribution is -2.14. The van der Waals surface area contributed by atoms with Crippen LogP contribution in [0.15, 0.2) is 22.9 Å². The molecule has 0 aliphatic rings. The third-order valence-corrected chi connectivity index (χ3v) is 2.73. The number of amides is 1. The minimum Gasteiger partial charge on any atom is -0.381 e. The number of pyridine rings is 1. The van der Waals surface area contributed by atoms with Crippen LogP contribution in [0.4, 0.5) is 11.5 Å². The Labute approximate surface area is 103 Å². The van der Waals surface area contributed by atoms with Crippen LogP contribution in [0, 0.1) is 0 Å².